The molecular weight excluding hydrogens is 252 g/mol. The third-order valence-electron chi connectivity index (χ3n) is 3.45. The molecule has 20 heavy (non-hydrogen) atoms. The number of aromatic nitrogens is 2. The molecule has 0 radical (unpaired) electrons. The van der Waals surface area contributed by atoms with Gasteiger partial charge in [-0.1, -0.05) is 0 Å². The standard InChI is InChI=1S/C15H20N4O/c1-2-19(11-14-4-3-7-20-14)15-10-16-8-13(18-15)9-17-12-5-6-12/h3-4,7-8,10,12,17H,2,5-6,9,11H2,1H3. The van der Waals surface area contributed by atoms with Gasteiger partial charge < -0.3 is 14.6 Å². The van der Waals surface area contributed by atoms with Crippen LogP contribution in [0.2, 0.25) is 0 Å². The fourth-order valence-corrected chi connectivity index (χ4v) is 2.11. The normalized spacial score (nSPS) is 14.4. The van der Waals surface area contributed by atoms with Gasteiger partial charge in [-0.05, 0) is 31.9 Å². The molecular formula is C15H20N4O. The van der Waals surface area contributed by atoms with Gasteiger partial charge in [0.15, 0.2) is 0 Å². The van der Waals surface area contributed by atoms with E-state index in [1.165, 1.54) is 12.8 Å². The molecule has 0 aliphatic heterocycles. The van der Waals surface area contributed by atoms with E-state index in [1.54, 1.807) is 6.26 Å². The van der Waals surface area contributed by atoms with Crippen molar-refractivity contribution in [3.05, 3.63) is 42.2 Å². The highest BCUT2D eigenvalue weighted by atomic mass is 16.3. The lowest BCUT2D eigenvalue weighted by molar-refractivity contribution is 0.502. The number of nitrogens with one attached hydrogen (secondary N) is 1. The van der Waals surface area contributed by atoms with Crippen molar-refractivity contribution in [2.24, 2.45) is 0 Å². The van der Waals surface area contributed by atoms with Crippen molar-refractivity contribution in [3.63, 3.8) is 0 Å². The molecule has 2 aromatic heterocycles. The second kappa shape index (κ2) is 6.05. The first-order valence-electron chi connectivity index (χ1n) is 7.17. The summed E-state index contributed by atoms with van der Waals surface area (Å²) in [5, 5.41) is 3.46. The minimum Gasteiger partial charge on any atom is -0.467 e. The van der Waals surface area contributed by atoms with E-state index in [1.807, 2.05) is 24.5 Å². The van der Waals surface area contributed by atoms with E-state index >= 15 is 0 Å². The molecule has 1 aliphatic rings. The van der Waals surface area contributed by atoms with E-state index in [9.17, 15) is 0 Å². The van der Waals surface area contributed by atoms with Crippen molar-refractivity contribution in [1.82, 2.24) is 15.3 Å². The Kier molecular flexibility index (Phi) is 3.97. The predicted molar refractivity (Wildman–Crippen MR) is 77.3 cm³/mol. The van der Waals surface area contributed by atoms with Crippen molar-refractivity contribution in [2.75, 3.05) is 11.4 Å². The van der Waals surface area contributed by atoms with E-state index in [0.717, 1.165) is 36.9 Å². The van der Waals surface area contributed by atoms with Crippen LogP contribution >= 0.6 is 0 Å². The average molecular weight is 272 g/mol. The summed E-state index contributed by atoms with van der Waals surface area (Å²) in [5.41, 5.74) is 0.993. The fourth-order valence-electron chi connectivity index (χ4n) is 2.11. The summed E-state index contributed by atoms with van der Waals surface area (Å²) in [5.74, 6) is 1.84. The Morgan fingerprint density at radius 3 is 3.00 bits per heavy atom. The molecule has 0 unspecified atom stereocenters. The third-order valence-corrected chi connectivity index (χ3v) is 3.45. The van der Waals surface area contributed by atoms with Gasteiger partial charge >= 0.3 is 0 Å². The number of hydrogen-bond donors (Lipinski definition) is 1. The predicted octanol–water partition coefficient (Wildman–Crippen LogP) is 2.35. The highest BCUT2D eigenvalue weighted by Crippen LogP contribution is 2.19. The smallest absolute Gasteiger partial charge is 0.147 e. The van der Waals surface area contributed by atoms with Crippen LogP contribution < -0.4 is 10.2 Å². The first-order valence-corrected chi connectivity index (χ1v) is 7.17. The SMILES string of the molecule is CCN(Cc1ccco1)c1cncc(CNC2CC2)n1. The van der Waals surface area contributed by atoms with Gasteiger partial charge in [0.1, 0.15) is 11.6 Å². The molecule has 0 amide bonds. The zero-order valence-electron chi connectivity index (χ0n) is 11.7. The third kappa shape index (κ3) is 3.36. The van der Waals surface area contributed by atoms with Crippen molar-refractivity contribution in [1.29, 1.82) is 0 Å². The Morgan fingerprint density at radius 1 is 1.40 bits per heavy atom. The van der Waals surface area contributed by atoms with Crippen LogP contribution in [0.15, 0.2) is 35.2 Å². The Morgan fingerprint density at radius 2 is 2.30 bits per heavy atom. The molecule has 2 aromatic rings. The second-order valence-electron chi connectivity index (χ2n) is 5.12. The molecule has 106 valence electrons. The number of hydrogen-bond acceptors (Lipinski definition) is 5. The summed E-state index contributed by atoms with van der Waals surface area (Å²) in [6.45, 7) is 4.50. The fraction of sp³-hybridized carbons (Fsp3) is 0.467. The Bertz CT molecular complexity index is 537. The van der Waals surface area contributed by atoms with Crippen LogP contribution in [-0.4, -0.2) is 22.6 Å². The first-order chi connectivity index (χ1) is 9.85. The maximum atomic E-state index is 5.40. The van der Waals surface area contributed by atoms with E-state index in [-0.39, 0.29) is 0 Å². The molecule has 1 aliphatic carbocycles. The zero-order valence-corrected chi connectivity index (χ0v) is 11.7. The molecule has 2 heterocycles. The lowest BCUT2D eigenvalue weighted by Gasteiger charge is -2.20. The minimum absolute atomic E-state index is 0.686. The molecule has 0 saturated heterocycles. The molecule has 1 fully saturated rings. The van der Waals surface area contributed by atoms with Gasteiger partial charge in [-0.15, -0.1) is 0 Å². The number of nitrogens with zero attached hydrogens (tertiary/aromatic N) is 3. The Labute approximate surface area is 119 Å². The van der Waals surface area contributed by atoms with Crippen molar-refractivity contribution in [3.8, 4) is 0 Å². The summed E-state index contributed by atoms with van der Waals surface area (Å²) >= 11 is 0. The van der Waals surface area contributed by atoms with Gasteiger partial charge in [-0.25, -0.2) is 4.98 Å². The molecule has 0 bridgehead atoms. The van der Waals surface area contributed by atoms with E-state index in [0.29, 0.717) is 6.04 Å². The van der Waals surface area contributed by atoms with Gasteiger partial charge in [0.2, 0.25) is 0 Å². The largest absolute Gasteiger partial charge is 0.467 e. The van der Waals surface area contributed by atoms with Gasteiger partial charge in [0.25, 0.3) is 0 Å². The summed E-state index contributed by atoms with van der Waals surface area (Å²) in [6, 6.07) is 4.57. The van der Waals surface area contributed by atoms with E-state index < -0.39 is 0 Å². The molecule has 0 aromatic carbocycles. The van der Waals surface area contributed by atoms with Crippen molar-refractivity contribution >= 4 is 5.82 Å². The topological polar surface area (TPSA) is 54.2 Å². The number of anilines is 1. The summed E-state index contributed by atoms with van der Waals surface area (Å²) < 4.78 is 5.40. The van der Waals surface area contributed by atoms with Gasteiger partial charge in [0.05, 0.1) is 24.7 Å². The molecule has 3 rings (SSSR count). The highest BCUT2D eigenvalue weighted by Gasteiger charge is 2.20. The zero-order chi connectivity index (χ0) is 13.8. The van der Waals surface area contributed by atoms with Gasteiger partial charge in [-0.3, -0.25) is 4.98 Å². The molecule has 1 saturated carbocycles. The molecule has 5 nitrogen and oxygen atoms in total. The lowest BCUT2D eigenvalue weighted by atomic mass is 10.3. The quantitative estimate of drug-likeness (QED) is 0.838. The second-order valence-corrected chi connectivity index (χ2v) is 5.12. The van der Waals surface area contributed by atoms with Crippen LogP contribution in [0.25, 0.3) is 0 Å². The van der Waals surface area contributed by atoms with Crippen LogP contribution in [-0.2, 0) is 13.1 Å². The van der Waals surface area contributed by atoms with E-state index in [4.69, 9.17) is 4.42 Å². The van der Waals surface area contributed by atoms with Crippen LogP contribution in [0, 0.1) is 0 Å². The Balaban J connectivity index is 1.67. The van der Waals surface area contributed by atoms with E-state index in [2.05, 4.69) is 27.1 Å². The first kappa shape index (κ1) is 13.1. The highest BCUT2D eigenvalue weighted by molar-refractivity contribution is 5.36. The Hall–Kier alpha value is -1.88. The minimum atomic E-state index is 0.686. The average Bonchev–Trinajstić information content (AvgIpc) is 3.18. The monoisotopic (exact) mass is 272 g/mol. The maximum Gasteiger partial charge on any atom is 0.147 e. The van der Waals surface area contributed by atoms with Crippen LogP contribution in [0.4, 0.5) is 5.82 Å². The lowest BCUT2D eigenvalue weighted by Crippen LogP contribution is -2.24. The van der Waals surface area contributed by atoms with Gasteiger partial charge in [0, 0.05) is 25.3 Å². The van der Waals surface area contributed by atoms with Crippen molar-refractivity contribution < 1.29 is 4.42 Å². The van der Waals surface area contributed by atoms with Gasteiger partial charge in [-0.2, -0.15) is 0 Å². The van der Waals surface area contributed by atoms with Crippen LogP contribution in [0.3, 0.4) is 0 Å². The van der Waals surface area contributed by atoms with Crippen molar-refractivity contribution in [2.45, 2.75) is 38.9 Å². The number of rotatable bonds is 7. The summed E-state index contributed by atoms with van der Waals surface area (Å²) in [7, 11) is 0. The molecule has 0 atom stereocenters. The molecule has 5 heteroatoms. The molecule has 0 spiro atoms. The van der Waals surface area contributed by atoms with Crippen LogP contribution in [0.1, 0.15) is 31.2 Å². The maximum absolute atomic E-state index is 5.40. The number of furan rings is 1. The van der Waals surface area contributed by atoms with Crippen LogP contribution in [0.5, 0.6) is 0 Å². The summed E-state index contributed by atoms with van der Waals surface area (Å²) in [6.07, 6.45) is 7.91. The summed E-state index contributed by atoms with van der Waals surface area (Å²) in [4.78, 5) is 11.1. The molecule has 1 N–H and O–H groups in total.